The first-order valence-corrected chi connectivity index (χ1v) is 20.0. The lowest BCUT2D eigenvalue weighted by atomic mass is 10.0. The predicted octanol–water partition coefficient (Wildman–Crippen LogP) is 5.97. The number of phenolic OH excluding ortho intramolecular Hbond substituents is 4. The largest absolute Gasteiger partial charge is 0.508 e. The lowest BCUT2D eigenvalue weighted by Crippen LogP contribution is -2.38. The van der Waals surface area contributed by atoms with E-state index in [9.17, 15) is 30.6 Å². The maximum Gasteiger partial charge on any atom is 0.394 e. The summed E-state index contributed by atoms with van der Waals surface area (Å²) in [6.45, 7) is 15.2. The van der Waals surface area contributed by atoms with E-state index in [-0.39, 0.29) is 34.1 Å². The Hall–Kier alpha value is -5.11. The fraction of sp³-hybridized carbons (Fsp3) is 0.341. The Bertz CT molecular complexity index is 2170. The Morgan fingerprint density at radius 3 is 1.58 bits per heavy atom. The van der Waals surface area contributed by atoms with Crippen molar-refractivity contribution in [1.29, 1.82) is 0 Å². The monoisotopic (exact) mass is 856 g/mol. The van der Waals surface area contributed by atoms with Crippen molar-refractivity contribution in [3.05, 3.63) is 124 Å². The Morgan fingerprint density at radius 2 is 1.15 bits per heavy atom. The minimum absolute atomic E-state index is 0.0511. The zero-order valence-electron chi connectivity index (χ0n) is 33.8. The number of aromatic hydroxyl groups is 4. The van der Waals surface area contributed by atoms with Crippen LogP contribution in [0, 0.1) is 6.92 Å². The average molecular weight is 857 g/mol. The summed E-state index contributed by atoms with van der Waals surface area (Å²) in [5.74, 6) is 1.49. The number of aliphatic imine (C=N–C) groups is 1. The second-order valence-electron chi connectivity index (χ2n) is 15.5. The van der Waals surface area contributed by atoms with Gasteiger partial charge in [-0.1, -0.05) is 41.9 Å². The third kappa shape index (κ3) is 17.0. The van der Waals surface area contributed by atoms with Crippen molar-refractivity contribution in [2.45, 2.75) is 78.3 Å². The number of rotatable bonds is 7. The summed E-state index contributed by atoms with van der Waals surface area (Å²) in [4.78, 5) is 4.77. The molecule has 1 aliphatic rings. The van der Waals surface area contributed by atoms with Gasteiger partial charge in [0.1, 0.15) is 35.4 Å². The molecule has 18 heteroatoms. The van der Waals surface area contributed by atoms with E-state index in [0.717, 1.165) is 34.2 Å². The number of aryl methyl sites for hydroxylation is 1. The van der Waals surface area contributed by atoms with Gasteiger partial charge in [-0.25, -0.2) is 0 Å². The van der Waals surface area contributed by atoms with Crippen molar-refractivity contribution in [1.82, 2.24) is 25.4 Å². The van der Waals surface area contributed by atoms with Crippen LogP contribution >= 0.6 is 11.6 Å². The van der Waals surface area contributed by atoms with Crippen LogP contribution in [0.5, 0.6) is 23.0 Å². The normalized spacial score (nSPS) is 13.3. The van der Waals surface area contributed by atoms with Gasteiger partial charge in [0.05, 0.1) is 23.6 Å². The molecule has 4 aromatic carbocycles. The van der Waals surface area contributed by atoms with Crippen LogP contribution in [0.25, 0.3) is 5.69 Å². The molecule has 2 atom stereocenters. The molecule has 0 radical (unpaired) electrons. The molecule has 0 saturated heterocycles. The third-order valence-corrected chi connectivity index (χ3v) is 8.28. The number of β-amino-alcohol motifs (C(OH)–C–C–N with tert-alkyl or cyclic N) is 2. The lowest BCUT2D eigenvalue weighted by Gasteiger charge is -2.23. The maximum absolute atomic E-state index is 9.85. The number of nitrogens with one attached hydrogen (secondary N) is 2. The molecular formula is C41H53ClN6O10S. The molecule has 59 heavy (non-hydrogen) atoms. The van der Waals surface area contributed by atoms with Gasteiger partial charge in [0.2, 0.25) is 0 Å². The van der Waals surface area contributed by atoms with Crippen LogP contribution in [0.1, 0.15) is 87.7 Å². The van der Waals surface area contributed by atoms with E-state index in [1.165, 1.54) is 36.4 Å². The second kappa shape index (κ2) is 20.7. The van der Waals surface area contributed by atoms with Crippen molar-refractivity contribution in [3.8, 4) is 28.7 Å². The van der Waals surface area contributed by atoms with Crippen LogP contribution in [0.4, 0.5) is 0 Å². The summed E-state index contributed by atoms with van der Waals surface area (Å²) in [7, 11) is -4.67. The molecular weight excluding hydrogens is 804 g/mol. The van der Waals surface area contributed by atoms with Gasteiger partial charge >= 0.3 is 10.4 Å². The first-order valence-electron chi connectivity index (χ1n) is 18.2. The van der Waals surface area contributed by atoms with Gasteiger partial charge in [-0.15, -0.1) is 10.2 Å². The van der Waals surface area contributed by atoms with Crippen LogP contribution in [-0.4, -0.2) is 92.8 Å². The first kappa shape index (κ1) is 48.3. The SMILES string of the molecule is CC(C)(C)NCC(O)c1cc(O)cc(O)c1.CC(C)(C)NCC(O)c1cc(O)cc(O)c1.Cc1nnc2n1-c1ccc(Cl)cc1C(c1ccccc1)=NC2.O=S(=O)(O)O. The highest BCUT2D eigenvalue weighted by molar-refractivity contribution is 7.79. The lowest BCUT2D eigenvalue weighted by molar-refractivity contribution is 0.162. The van der Waals surface area contributed by atoms with E-state index in [2.05, 4.69) is 33.0 Å². The molecule has 0 spiro atoms. The van der Waals surface area contributed by atoms with E-state index in [1.807, 2.05) is 89.4 Å². The molecule has 5 aromatic rings. The molecule has 16 nitrogen and oxygen atoms in total. The fourth-order valence-electron chi connectivity index (χ4n) is 5.45. The van der Waals surface area contributed by atoms with Gasteiger partial charge in [0, 0.05) is 52.4 Å². The molecule has 0 aliphatic carbocycles. The van der Waals surface area contributed by atoms with Gasteiger partial charge in [-0.2, -0.15) is 8.42 Å². The summed E-state index contributed by atoms with van der Waals surface area (Å²) in [5.41, 5.74) is 4.84. The Balaban J connectivity index is 0.000000228. The molecule has 2 heterocycles. The molecule has 0 saturated carbocycles. The first-order chi connectivity index (χ1) is 27.3. The number of aliphatic hydroxyl groups excluding tert-OH is 2. The van der Waals surface area contributed by atoms with Crippen molar-refractivity contribution in [2.75, 3.05) is 13.1 Å². The minimum atomic E-state index is -4.67. The van der Waals surface area contributed by atoms with Crippen molar-refractivity contribution in [2.24, 2.45) is 4.99 Å². The fourth-order valence-corrected chi connectivity index (χ4v) is 5.63. The quantitative estimate of drug-likeness (QED) is 0.0847. The molecule has 2 unspecified atom stereocenters. The Labute approximate surface area is 349 Å². The van der Waals surface area contributed by atoms with Gasteiger partial charge in [0.15, 0.2) is 5.82 Å². The standard InChI is InChI=1S/C17H13ClN4.2C12H19NO3.H2O4S/c1-11-20-21-16-10-19-17(12-5-3-2-4-6-12)14-9-13(18)7-8-15(14)22(11)16;2*1-12(2,3)13-7-11(16)8-4-9(14)6-10(15)5-8;1-5(2,3)4/h2-9H,10H2,1H3;2*4-6,11,13-16H,7H2,1-3H3;(H2,1,2,3,4). The van der Waals surface area contributed by atoms with Gasteiger partial charge in [-0.3, -0.25) is 18.7 Å². The molecule has 10 N–H and O–H groups in total. The summed E-state index contributed by atoms with van der Waals surface area (Å²) in [6, 6.07) is 24.2. The van der Waals surface area contributed by atoms with E-state index >= 15 is 0 Å². The zero-order chi connectivity index (χ0) is 44.3. The number of nitrogens with zero attached hydrogens (tertiary/aromatic N) is 4. The van der Waals surface area contributed by atoms with Gasteiger partial charge in [0.25, 0.3) is 0 Å². The molecule has 0 bridgehead atoms. The van der Waals surface area contributed by atoms with E-state index in [0.29, 0.717) is 35.8 Å². The van der Waals surface area contributed by atoms with Crippen molar-refractivity contribution < 1.29 is 48.2 Å². The number of phenols is 4. The molecule has 0 fully saturated rings. The number of hydrogen-bond acceptors (Lipinski definition) is 13. The van der Waals surface area contributed by atoms with Crippen LogP contribution in [0.2, 0.25) is 5.02 Å². The summed E-state index contributed by atoms with van der Waals surface area (Å²) < 4.78 is 33.6. The number of hydrogen-bond donors (Lipinski definition) is 10. The van der Waals surface area contributed by atoms with E-state index in [1.54, 1.807) is 0 Å². The van der Waals surface area contributed by atoms with Crippen LogP contribution in [0.3, 0.4) is 0 Å². The number of fused-ring (bicyclic) bond motifs is 3. The highest BCUT2D eigenvalue weighted by Gasteiger charge is 2.22. The number of aromatic nitrogens is 3. The van der Waals surface area contributed by atoms with Gasteiger partial charge in [-0.05, 0) is 102 Å². The Morgan fingerprint density at radius 1 is 0.712 bits per heavy atom. The minimum Gasteiger partial charge on any atom is -0.508 e. The van der Waals surface area contributed by atoms with Crippen molar-refractivity contribution >= 4 is 27.7 Å². The van der Waals surface area contributed by atoms with E-state index in [4.69, 9.17) is 34.1 Å². The third-order valence-electron chi connectivity index (χ3n) is 8.04. The van der Waals surface area contributed by atoms with E-state index < -0.39 is 22.6 Å². The average Bonchev–Trinajstić information content (AvgIpc) is 3.39. The van der Waals surface area contributed by atoms with Crippen LogP contribution < -0.4 is 10.6 Å². The summed E-state index contributed by atoms with van der Waals surface area (Å²) in [6.07, 6.45) is -1.51. The molecule has 320 valence electrons. The summed E-state index contributed by atoms with van der Waals surface area (Å²) >= 11 is 6.23. The summed E-state index contributed by atoms with van der Waals surface area (Å²) in [5, 5.41) is 72.2. The predicted molar refractivity (Wildman–Crippen MR) is 226 cm³/mol. The Kier molecular flexibility index (Phi) is 17.0. The second-order valence-corrected chi connectivity index (χ2v) is 16.8. The zero-order valence-corrected chi connectivity index (χ0v) is 35.4. The highest BCUT2D eigenvalue weighted by atomic mass is 35.5. The van der Waals surface area contributed by atoms with Crippen molar-refractivity contribution in [3.63, 3.8) is 0 Å². The smallest absolute Gasteiger partial charge is 0.394 e. The number of aliphatic hydroxyl groups is 2. The molecule has 1 aromatic heterocycles. The topological polar surface area (TPSA) is 263 Å². The molecule has 0 amide bonds. The molecule has 1 aliphatic heterocycles. The van der Waals surface area contributed by atoms with Gasteiger partial charge < -0.3 is 41.3 Å². The molecule has 6 rings (SSSR count). The number of halogens is 1. The van der Waals surface area contributed by atoms with Crippen LogP contribution in [0.15, 0.2) is 89.9 Å². The highest BCUT2D eigenvalue weighted by Crippen LogP contribution is 2.29. The van der Waals surface area contributed by atoms with Crippen LogP contribution in [-0.2, 0) is 16.9 Å². The maximum atomic E-state index is 9.85. The number of benzene rings is 4.